The van der Waals surface area contributed by atoms with Crippen LogP contribution in [-0.4, -0.2) is 37.9 Å². The van der Waals surface area contributed by atoms with Gasteiger partial charge in [0.05, 0.1) is 22.6 Å². The van der Waals surface area contributed by atoms with E-state index < -0.39 is 49.1 Å². The SMILES string of the molecule is CON(C)S(=O)(=O)NC(=O)c1cc(Oc2ccc(C(F)(F)F)cc2Cl)ccc1[N+](=O)[O-]. The number of benzene rings is 2. The van der Waals surface area contributed by atoms with Crippen molar-refractivity contribution in [2.24, 2.45) is 0 Å². The molecule has 0 unspecified atom stereocenters. The van der Waals surface area contributed by atoms with E-state index in [1.54, 1.807) is 4.72 Å². The van der Waals surface area contributed by atoms with Crippen molar-refractivity contribution in [1.82, 2.24) is 9.19 Å². The Kier molecular flexibility index (Phi) is 7.10. The van der Waals surface area contributed by atoms with E-state index in [1.807, 2.05) is 0 Å². The molecule has 0 spiro atoms. The highest BCUT2D eigenvalue weighted by Gasteiger charge is 2.31. The lowest BCUT2D eigenvalue weighted by Gasteiger charge is -2.15. The third kappa shape index (κ3) is 5.81. The molecule has 0 aromatic heterocycles. The van der Waals surface area contributed by atoms with Gasteiger partial charge in [0.1, 0.15) is 17.1 Å². The Labute approximate surface area is 178 Å². The van der Waals surface area contributed by atoms with Crippen molar-refractivity contribution in [3.63, 3.8) is 0 Å². The van der Waals surface area contributed by atoms with E-state index in [-0.39, 0.29) is 11.5 Å². The van der Waals surface area contributed by atoms with Crippen LogP contribution in [0.1, 0.15) is 15.9 Å². The number of ether oxygens (including phenoxy) is 1. The molecule has 1 N–H and O–H groups in total. The van der Waals surface area contributed by atoms with Crippen LogP contribution in [0.4, 0.5) is 18.9 Å². The molecule has 0 saturated heterocycles. The van der Waals surface area contributed by atoms with Gasteiger partial charge in [-0.3, -0.25) is 19.7 Å². The van der Waals surface area contributed by atoms with E-state index in [1.165, 1.54) is 0 Å². The van der Waals surface area contributed by atoms with E-state index in [0.717, 1.165) is 38.4 Å². The van der Waals surface area contributed by atoms with Crippen LogP contribution in [0.2, 0.25) is 5.02 Å². The summed E-state index contributed by atoms with van der Waals surface area (Å²) in [4.78, 5) is 27.1. The number of hydrogen-bond donors (Lipinski definition) is 1. The number of nitro groups is 1. The third-order valence-electron chi connectivity index (χ3n) is 3.71. The predicted octanol–water partition coefficient (Wildman–Crippen LogP) is 3.53. The standard InChI is InChI=1S/C16H13ClF3N3O7S/c1-22(29-2)31(27,28)21-15(24)11-8-10(4-5-13(11)23(25)26)30-14-6-3-9(7-12(14)17)16(18,19)20/h3-8H,1-2H3,(H,21,24). The molecule has 0 heterocycles. The lowest BCUT2D eigenvalue weighted by atomic mass is 10.1. The maximum Gasteiger partial charge on any atom is 0.416 e. The van der Waals surface area contributed by atoms with Crippen molar-refractivity contribution < 1.29 is 40.9 Å². The van der Waals surface area contributed by atoms with Crippen molar-refractivity contribution in [2.75, 3.05) is 14.2 Å². The van der Waals surface area contributed by atoms with Gasteiger partial charge >= 0.3 is 16.4 Å². The van der Waals surface area contributed by atoms with E-state index in [2.05, 4.69) is 4.84 Å². The number of nitrogens with zero attached hydrogens (tertiary/aromatic N) is 2. The van der Waals surface area contributed by atoms with Gasteiger partial charge in [0.2, 0.25) is 0 Å². The van der Waals surface area contributed by atoms with Crippen LogP contribution in [0.5, 0.6) is 11.5 Å². The molecule has 168 valence electrons. The molecule has 0 saturated carbocycles. The lowest BCUT2D eigenvalue weighted by Crippen LogP contribution is -2.41. The van der Waals surface area contributed by atoms with Crippen LogP contribution >= 0.6 is 11.6 Å². The molecule has 0 aliphatic heterocycles. The molecule has 0 aliphatic carbocycles. The van der Waals surface area contributed by atoms with Gasteiger partial charge < -0.3 is 4.74 Å². The van der Waals surface area contributed by atoms with Crippen LogP contribution in [0, 0.1) is 10.1 Å². The van der Waals surface area contributed by atoms with Gasteiger partial charge in [0.15, 0.2) is 0 Å². The molecule has 31 heavy (non-hydrogen) atoms. The molecule has 15 heteroatoms. The highest BCUT2D eigenvalue weighted by atomic mass is 35.5. The van der Waals surface area contributed by atoms with Crippen LogP contribution < -0.4 is 9.46 Å². The van der Waals surface area contributed by atoms with Gasteiger partial charge in [0, 0.05) is 19.2 Å². The number of hydroxylamine groups is 1. The first-order chi connectivity index (χ1) is 14.3. The number of amides is 1. The van der Waals surface area contributed by atoms with Crippen LogP contribution in [-0.2, 0) is 21.2 Å². The fourth-order valence-corrected chi connectivity index (χ4v) is 3.03. The second-order valence-electron chi connectivity index (χ2n) is 5.71. The summed E-state index contributed by atoms with van der Waals surface area (Å²) in [6.45, 7) is 0. The molecular formula is C16H13ClF3N3O7S. The van der Waals surface area contributed by atoms with Crippen molar-refractivity contribution >= 4 is 33.4 Å². The normalized spacial score (nSPS) is 12.0. The number of nitro benzene ring substituents is 1. The molecule has 0 fully saturated rings. The van der Waals surface area contributed by atoms with E-state index in [9.17, 15) is 36.5 Å². The largest absolute Gasteiger partial charge is 0.456 e. The summed E-state index contributed by atoms with van der Waals surface area (Å²) in [6.07, 6.45) is -4.64. The zero-order chi connectivity index (χ0) is 23.6. The summed E-state index contributed by atoms with van der Waals surface area (Å²) in [7, 11) is -2.50. The first-order valence-electron chi connectivity index (χ1n) is 7.94. The Hall–Kier alpha value is -2.94. The summed E-state index contributed by atoms with van der Waals surface area (Å²) in [6, 6.07) is 4.98. The highest BCUT2D eigenvalue weighted by molar-refractivity contribution is 7.87. The quantitative estimate of drug-likeness (QED) is 0.471. The molecule has 0 aliphatic rings. The fourth-order valence-electron chi connectivity index (χ4n) is 2.14. The van der Waals surface area contributed by atoms with Gasteiger partial charge in [0.25, 0.3) is 11.6 Å². The summed E-state index contributed by atoms with van der Waals surface area (Å²) in [5.41, 5.74) is -2.47. The maximum absolute atomic E-state index is 12.7. The zero-order valence-electron chi connectivity index (χ0n) is 15.6. The summed E-state index contributed by atoms with van der Waals surface area (Å²) >= 11 is 5.80. The van der Waals surface area contributed by atoms with Crippen LogP contribution in [0.25, 0.3) is 0 Å². The molecule has 2 aromatic carbocycles. The van der Waals surface area contributed by atoms with Crippen molar-refractivity contribution in [2.45, 2.75) is 6.18 Å². The van der Waals surface area contributed by atoms with E-state index in [4.69, 9.17) is 16.3 Å². The van der Waals surface area contributed by atoms with Crippen molar-refractivity contribution in [3.8, 4) is 11.5 Å². The Balaban J connectivity index is 2.40. The van der Waals surface area contributed by atoms with Crippen molar-refractivity contribution in [3.05, 3.63) is 62.7 Å². The molecule has 0 atom stereocenters. The Morgan fingerprint density at radius 3 is 2.39 bits per heavy atom. The minimum absolute atomic E-state index is 0.227. The van der Waals surface area contributed by atoms with Gasteiger partial charge in [-0.25, -0.2) is 4.72 Å². The second-order valence-corrected chi connectivity index (χ2v) is 7.79. The molecule has 0 bridgehead atoms. The topological polar surface area (TPSA) is 128 Å². The summed E-state index contributed by atoms with van der Waals surface area (Å²) < 4.78 is 69.2. The third-order valence-corrected chi connectivity index (χ3v) is 5.28. The molecule has 0 radical (unpaired) electrons. The summed E-state index contributed by atoms with van der Waals surface area (Å²) in [5, 5.41) is 10.8. The van der Waals surface area contributed by atoms with E-state index >= 15 is 0 Å². The maximum atomic E-state index is 12.7. The molecule has 10 nitrogen and oxygen atoms in total. The summed E-state index contributed by atoms with van der Waals surface area (Å²) in [5.74, 6) is -1.84. The Morgan fingerprint density at radius 2 is 1.87 bits per heavy atom. The minimum atomic E-state index is -4.64. The van der Waals surface area contributed by atoms with Gasteiger partial charge in [-0.2, -0.15) is 21.6 Å². The average molecular weight is 484 g/mol. The minimum Gasteiger partial charge on any atom is -0.456 e. The Bertz CT molecular complexity index is 1130. The zero-order valence-corrected chi connectivity index (χ0v) is 17.2. The average Bonchev–Trinajstić information content (AvgIpc) is 2.67. The van der Waals surface area contributed by atoms with Crippen molar-refractivity contribution in [1.29, 1.82) is 0 Å². The molecular weight excluding hydrogens is 471 g/mol. The number of halogens is 4. The number of rotatable bonds is 7. The van der Waals surface area contributed by atoms with Crippen LogP contribution in [0.3, 0.4) is 0 Å². The number of hydrogen-bond acceptors (Lipinski definition) is 7. The highest BCUT2D eigenvalue weighted by Crippen LogP contribution is 2.37. The number of alkyl halides is 3. The second kappa shape index (κ2) is 9.05. The molecule has 1 amide bonds. The van der Waals surface area contributed by atoms with Gasteiger partial charge in [-0.05, 0) is 24.3 Å². The van der Waals surface area contributed by atoms with Gasteiger partial charge in [-0.15, -0.1) is 0 Å². The lowest BCUT2D eigenvalue weighted by molar-refractivity contribution is -0.385. The fraction of sp³-hybridized carbons (Fsp3) is 0.188. The molecule has 2 aromatic rings. The van der Waals surface area contributed by atoms with Crippen LogP contribution in [0.15, 0.2) is 36.4 Å². The Morgan fingerprint density at radius 1 is 1.23 bits per heavy atom. The smallest absolute Gasteiger partial charge is 0.416 e. The molecule has 2 rings (SSSR count). The monoisotopic (exact) mass is 483 g/mol. The first-order valence-corrected chi connectivity index (χ1v) is 9.76. The first kappa shape index (κ1) is 24.3. The van der Waals surface area contributed by atoms with E-state index in [0.29, 0.717) is 16.6 Å². The number of nitrogens with one attached hydrogen (secondary N) is 1. The number of carbonyl (C=O) groups is 1. The number of carbonyl (C=O) groups excluding carboxylic acids is 1. The van der Waals surface area contributed by atoms with Gasteiger partial charge in [-0.1, -0.05) is 16.1 Å². The predicted molar refractivity (Wildman–Crippen MR) is 101 cm³/mol.